The molecule has 1 aromatic rings. The van der Waals surface area contributed by atoms with Gasteiger partial charge in [-0.15, -0.1) is 0 Å². The highest BCUT2D eigenvalue weighted by Gasteiger charge is 2.28. The van der Waals surface area contributed by atoms with Crippen LogP contribution in [0.1, 0.15) is 31.9 Å². The van der Waals surface area contributed by atoms with E-state index in [-0.39, 0.29) is 23.9 Å². The minimum Gasteiger partial charge on any atom is -0.359 e. The van der Waals surface area contributed by atoms with E-state index < -0.39 is 0 Å². The molecule has 0 saturated carbocycles. The van der Waals surface area contributed by atoms with Gasteiger partial charge in [0, 0.05) is 45.1 Å². The second kappa shape index (κ2) is 8.04. The summed E-state index contributed by atoms with van der Waals surface area (Å²) < 4.78 is 2.10. The summed E-state index contributed by atoms with van der Waals surface area (Å²) in [5, 5.41) is 5.73. The van der Waals surface area contributed by atoms with Gasteiger partial charge in [0.15, 0.2) is 0 Å². The fraction of sp³-hybridized carbons (Fsp3) is 0.647. The summed E-state index contributed by atoms with van der Waals surface area (Å²) in [6.07, 6.45) is 5.60. The Balaban J connectivity index is 1.78. The lowest BCUT2D eigenvalue weighted by atomic mass is 9.97. The second-order valence-corrected chi connectivity index (χ2v) is 6.40. The van der Waals surface area contributed by atoms with Crippen LogP contribution in [0.5, 0.6) is 0 Å². The lowest BCUT2D eigenvalue weighted by Gasteiger charge is -2.32. The molecule has 6 nitrogen and oxygen atoms in total. The first-order chi connectivity index (χ1) is 11.0. The maximum absolute atomic E-state index is 12.4. The van der Waals surface area contributed by atoms with Crippen molar-refractivity contribution in [1.29, 1.82) is 0 Å². The van der Waals surface area contributed by atoms with Crippen LogP contribution in [0.3, 0.4) is 0 Å². The van der Waals surface area contributed by atoms with Crippen LogP contribution in [-0.2, 0) is 18.3 Å². The number of hydrogen-bond acceptors (Lipinski definition) is 2. The maximum atomic E-state index is 12.4. The minimum atomic E-state index is -0.0850. The van der Waals surface area contributed by atoms with Gasteiger partial charge in [0.25, 0.3) is 0 Å². The highest BCUT2D eigenvalue weighted by Crippen LogP contribution is 2.17. The van der Waals surface area contributed by atoms with Crippen molar-refractivity contribution >= 4 is 11.9 Å². The zero-order valence-corrected chi connectivity index (χ0v) is 14.3. The molecule has 23 heavy (non-hydrogen) atoms. The van der Waals surface area contributed by atoms with Crippen molar-refractivity contribution in [2.75, 3.05) is 20.1 Å². The number of amides is 3. The van der Waals surface area contributed by atoms with Gasteiger partial charge in [0.2, 0.25) is 5.91 Å². The number of urea groups is 1. The molecule has 3 amide bonds. The zero-order chi connectivity index (χ0) is 16.8. The molecule has 6 heteroatoms. The minimum absolute atomic E-state index is 0.0271. The molecule has 1 aliphatic heterocycles. The van der Waals surface area contributed by atoms with Crippen molar-refractivity contribution in [2.45, 2.75) is 38.6 Å². The summed E-state index contributed by atoms with van der Waals surface area (Å²) in [6, 6.07) is 4.19. The molecule has 0 aromatic carbocycles. The van der Waals surface area contributed by atoms with Gasteiger partial charge in [-0.1, -0.05) is 0 Å². The van der Waals surface area contributed by atoms with E-state index in [4.69, 9.17) is 0 Å². The predicted molar refractivity (Wildman–Crippen MR) is 90.1 cm³/mol. The zero-order valence-electron chi connectivity index (χ0n) is 14.3. The first-order valence-electron chi connectivity index (χ1n) is 8.38. The maximum Gasteiger partial charge on any atom is 0.317 e. The summed E-state index contributed by atoms with van der Waals surface area (Å²) in [7, 11) is 3.68. The predicted octanol–water partition coefficient (Wildman–Crippen LogP) is 1.51. The van der Waals surface area contributed by atoms with Crippen molar-refractivity contribution in [3.8, 4) is 0 Å². The molecule has 2 heterocycles. The molecule has 0 unspecified atom stereocenters. The number of aromatic nitrogens is 1. The topological polar surface area (TPSA) is 66.4 Å². The van der Waals surface area contributed by atoms with E-state index in [2.05, 4.69) is 21.3 Å². The highest BCUT2D eigenvalue weighted by molar-refractivity contribution is 5.80. The SMILES string of the molecule is CNC(=O)[C@H]1CCCN(C(=O)N[C@@H](C)CCc2cccn2C)C1. The van der Waals surface area contributed by atoms with Crippen LogP contribution in [0.2, 0.25) is 0 Å². The Labute approximate surface area is 138 Å². The van der Waals surface area contributed by atoms with Crippen LogP contribution >= 0.6 is 0 Å². The number of hydrogen-bond donors (Lipinski definition) is 2. The van der Waals surface area contributed by atoms with Crippen LogP contribution in [-0.4, -0.2) is 47.6 Å². The van der Waals surface area contributed by atoms with Crippen molar-refractivity contribution in [1.82, 2.24) is 20.1 Å². The number of nitrogens with one attached hydrogen (secondary N) is 2. The molecule has 1 fully saturated rings. The van der Waals surface area contributed by atoms with E-state index in [1.165, 1.54) is 5.69 Å². The van der Waals surface area contributed by atoms with Gasteiger partial charge in [-0.25, -0.2) is 4.79 Å². The van der Waals surface area contributed by atoms with Crippen molar-refractivity contribution < 1.29 is 9.59 Å². The largest absolute Gasteiger partial charge is 0.359 e. The van der Waals surface area contributed by atoms with Gasteiger partial charge in [-0.2, -0.15) is 0 Å². The van der Waals surface area contributed by atoms with Crippen LogP contribution in [0.15, 0.2) is 18.3 Å². The van der Waals surface area contributed by atoms with Crippen LogP contribution in [0, 0.1) is 5.92 Å². The third kappa shape index (κ3) is 4.74. The fourth-order valence-corrected chi connectivity index (χ4v) is 3.07. The molecule has 2 rings (SSSR count). The van der Waals surface area contributed by atoms with E-state index in [0.717, 1.165) is 32.2 Å². The molecule has 0 spiro atoms. The van der Waals surface area contributed by atoms with Gasteiger partial charge in [-0.3, -0.25) is 4.79 Å². The van der Waals surface area contributed by atoms with E-state index in [0.29, 0.717) is 6.54 Å². The third-order valence-electron chi connectivity index (χ3n) is 4.58. The Morgan fingerprint density at radius 2 is 2.22 bits per heavy atom. The van der Waals surface area contributed by atoms with Gasteiger partial charge in [-0.05, 0) is 44.7 Å². The Bertz CT molecular complexity index is 540. The number of aryl methyl sites for hydroxylation is 2. The lowest BCUT2D eigenvalue weighted by molar-refractivity contribution is -0.125. The molecule has 128 valence electrons. The smallest absolute Gasteiger partial charge is 0.317 e. The standard InChI is InChI=1S/C17H28N4O2/c1-13(8-9-15-7-5-10-20(15)3)19-17(23)21-11-4-6-14(12-21)16(22)18-2/h5,7,10,13-14H,4,6,8-9,11-12H2,1-3H3,(H,18,22)(H,19,23)/t13-,14-/m0/s1. The van der Waals surface area contributed by atoms with Crippen LogP contribution in [0.25, 0.3) is 0 Å². The molecular weight excluding hydrogens is 292 g/mol. The van der Waals surface area contributed by atoms with E-state index in [1.54, 1.807) is 11.9 Å². The third-order valence-corrected chi connectivity index (χ3v) is 4.58. The summed E-state index contributed by atoms with van der Waals surface area (Å²) in [5.74, 6) is -0.0579. The van der Waals surface area contributed by atoms with Crippen molar-refractivity contribution in [3.63, 3.8) is 0 Å². The van der Waals surface area contributed by atoms with E-state index in [1.807, 2.05) is 26.2 Å². The molecule has 1 saturated heterocycles. The Kier molecular flexibility index (Phi) is 6.07. The normalized spacial score (nSPS) is 19.3. The van der Waals surface area contributed by atoms with Gasteiger partial charge < -0.3 is 20.1 Å². The van der Waals surface area contributed by atoms with Crippen LogP contribution in [0.4, 0.5) is 4.79 Å². The molecular formula is C17H28N4O2. The number of piperidine rings is 1. The average molecular weight is 320 g/mol. The Hall–Kier alpha value is -1.98. The summed E-state index contributed by atoms with van der Waals surface area (Å²) in [6.45, 7) is 3.26. The van der Waals surface area contributed by atoms with Crippen LogP contribution < -0.4 is 10.6 Å². The number of nitrogens with zero attached hydrogens (tertiary/aromatic N) is 2. The van der Waals surface area contributed by atoms with Gasteiger partial charge in [0.1, 0.15) is 0 Å². The molecule has 2 atom stereocenters. The molecule has 0 radical (unpaired) electrons. The molecule has 2 N–H and O–H groups in total. The quantitative estimate of drug-likeness (QED) is 0.864. The molecule has 1 aromatic heterocycles. The number of rotatable bonds is 5. The Morgan fingerprint density at radius 3 is 2.87 bits per heavy atom. The van der Waals surface area contributed by atoms with Gasteiger partial charge in [0.05, 0.1) is 5.92 Å². The van der Waals surface area contributed by atoms with E-state index in [9.17, 15) is 9.59 Å². The van der Waals surface area contributed by atoms with Crippen molar-refractivity contribution in [2.24, 2.45) is 13.0 Å². The van der Waals surface area contributed by atoms with E-state index >= 15 is 0 Å². The summed E-state index contributed by atoms with van der Waals surface area (Å²) in [5.41, 5.74) is 1.27. The monoisotopic (exact) mass is 320 g/mol. The number of likely N-dealkylation sites (tertiary alicyclic amines) is 1. The average Bonchev–Trinajstić information content (AvgIpc) is 2.97. The molecule has 0 bridgehead atoms. The molecule has 0 aliphatic carbocycles. The molecule has 1 aliphatic rings. The number of carbonyl (C=O) groups excluding carboxylic acids is 2. The second-order valence-electron chi connectivity index (χ2n) is 6.40. The Morgan fingerprint density at radius 1 is 1.43 bits per heavy atom. The first-order valence-corrected chi connectivity index (χ1v) is 8.38. The summed E-state index contributed by atoms with van der Waals surface area (Å²) >= 11 is 0. The van der Waals surface area contributed by atoms with Crippen molar-refractivity contribution in [3.05, 3.63) is 24.0 Å². The highest BCUT2D eigenvalue weighted by atomic mass is 16.2. The van der Waals surface area contributed by atoms with Gasteiger partial charge >= 0.3 is 6.03 Å². The summed E-state index contributed by atoms with van der Waals surface area (Å²) in [4.78, 5) is 25.9. The lowest BCUT2D eigenvalue weighted by Crippen LogP contribution is -2.50. The first kappa shape index (κ1) is 17.4. The number of carbonyl (C=O) groups is 2. The fourth-order valence-electron chi connectivity index (χ4n) is 3.07.